The van der Waals surface area contributed by atoms with Gasteiger partial charge < -0.3 is 10.2 Å². The van der Waals surface area contributed by atoms with Crippen LogP contribution < -0.4 is 9.62 Å². The van der Waals surface area contributed by atoms with E-state index in [0.717, 1.165) is 0 Å². The molecule has 0 aromatic heterocycles. The van der Waals surface area contributed by atoms with Crippen molar-refractivity contribution in [2.75, 3.05) is 55.9 Å². The van der Waals surface area contributed by atoms with E-state index in [9.17, 15) is 18.0 Å². The molecule has 0 unspecified atom stereocenters. The van der Waals surface area contributed by atoms with Gasteiger partial charge >= 0.3 is 0 Å². The first kappa shape index (κ1) is 20.3. The number of nitrogens with one attached hydrogen (secondary N) is 1. The summed E-state index contributed by atoms with van der Waals surface area (Å²) in [5.74, 6) is -0.0264. The van der Waals surface area contributed by atoms with E-state index in [0.29, 0.717) is 63.5 Å². The van der Waals surface area contributed by atoms with Crippen LogP contribution in [0.25, 0.3) is 0 Å². The maximum atomic E-state index is 12.8. The van der Waals surface area contributed by atoms with Gasteiger partial charge in [-0.3, -0.25) is 18.8 Å². The summed E-state index contributed by atoms with van der Waals surface area (Å²) in [5.41, 5.74) is 1.03. The lowest BCUT2D eigenvalue weighted by Crippen LogP contribution is -2.51. The third-order valence-electron chi connectivity index (χ3n) is 4.95. The number of sulfonamides is 1. The Morgan fingerprint density at radius 1 is 1.14 bits per heavy atom. The fraction of sp³-hybridized carbons (Fsp3) is 0.474. The molecule has 1 aromatic rings. The second-order valence-corrected chi connectivity index (χ2v) is 8.97. The topological polar surface area (TPSA) is 90.0 Å². The molecule has 0 aliphatic carbocycles. The Balaban J connectivity index is 1.59. The van der Waals surface area contributed by atoms with Gasteiger partial charge in [-0.25, -0.2) is 8.42 Å². The molecule has 3 rings (SSSR count). The van der Waals surface area contributed by atoms with Crippen LogP contribution in [-0.4, -0.2) is 81.6 Å². The first-order valence-corrected chi connectivity index (χ1v) is 11.0. The molecule has 152 valence electrons. The molecule has 0 atom stereocenters. The van der Waals surface area contributed by atoms with Gasteiger partial charge in [-0.2, -0.15) is 0 Å². The van der Waals surface area contributed by atoms with Crippen molar-refractivity contribution in [3.63, 3.8) is 0 Å². The highest BCUT2D eigenvalue weighted by Gasteiger charge is 2.29. The Morgan fingerprint density at radius 2 is 1.89 bits per heavy atom. The van der Waals surface area contributed by atoms with Gasteiger partial charge in [0.2, 0.25) is 15.9 Å². The summed E-state index contributed by atoms with van der Waals surface area (Å²) < 4.78 is 25.6. The second-order valence-electron chi connectivity index (χ2n) is 6.95. The summed E-state index contributed by atoms with van der Waals surface area (Å²) in [6.45, 7) is 7.06. The third-order valence-corrected chi connectivity index (χ3v) is 6.82. The zero-order chi connectivity index (χ0) is 20.1. The Bertz CT molecular complexity index is 847. The molecule has 2 fully saturated rings. The smallest absolute Gasteiger partial charge is 0.254 e. The number of benzene rings is 1. The van der Waals surface area contributed by atoms with E-state index in [1.165, 1.54) is 4.31 Å². The van der Waals surface area contributed by atoms with E-state index in [4.69, 9.17) is 0 Å². The minimum Gasteiger partial charge on any atom is -0.352 e. The minimum atomic E-state index is -3.28. The first-order chi connectivity index (χ1) is 13.4. The number of hydrogen-bond acceptors (Lipinski definition) is 5. The normalized spacial score (nSPS) is 19.4. The van der Waals surface area contributed by atoms with Crippen LogP contribution in [0.2, 0.25) is 0 Å². The van der Waals surface area contributed by atoms with E-state index in [-0.39, 0.29) is 17.6 Å². The van der Waals surface area contributed by atoms with Crippen molar-refractivity contribution in [2.24, 2.45) is 0 Å². The summed E-state index contributed by atoms with van der Waals surface area (Å²) in [4.78, 5) is 28.4. The fourth-order valence-electron chi connectivity index (χ4n) is 3.46. The zero-order valence-corrected chi connectivity index (χ0v) is 16.7. The maximum Gasteiger partial charge on any atom is 0.254 e. The number of hydrogen-bond donors (Lipinski definition) is 1. The average Bonchev–Trinajstić information content (AvgIpc) is 3.05. The number of carbonyl (C=O) groups excluding carboxylic acids is 2. The molecule has 8 nitrogen and oxygen atoms in total. The molecular formula is C19H26N4O4S. The number of anilines is 1. The van der Waals surface area contributed by atoms with Crippen LogP contribution in [0.4, 0.5) is 5.69 Å². The van der Waals surface area contributed by atoms with E-state index in [1.54, 1.807) is 35.2 Å². The number of amides is 2. The molecular weight excluding hydrogens is 380 g/mol. The first-order valence-electron chi connectivity index (χ1n) is 9.40. The zero-order valence-electron chi connectivity index (χ0n) is 15.8. The van der Waals surface area contributed by atoms with Gasteiger partial charge in [0.15, 0.2) is 0 Å². The molecule has 1 N–H and O–H groups in total. The molecule has 0 saturated carbocycles. The molecule has 0 bridgehead atoms. The van der Waals surface area contributed by atoms with Gasteiger partial charge in [-0.15, -0.1) is 6.58 Å². The standard InChI is InChI=1S/C19H26N4O4S/c1-2-7-20-18(24)15-21-9-11-22(12-10-21)19(25)16-5-3-6-17(14-16)23-8-4-13-28(23,26)27/h2-3,5-6,14H,1,4,7-13,15H2,(H,20,24). The SMILES string of the molecule is C=CCNC(=O)CN1CCN(C(=O)c2cccc(N3CCCS3(=O)=O)c2)CC1. The highest BCUT2D eigenvalue weighted by molar-refractivity contribution is 7.93. The number of carbonyl (C=O) groups is 2. The van der Waals surface area contributed by atoms with Crippen molar-refractivity contribution < 1.29 is 18.0 Å². The van der Waals surface area contributed by atoms with Crippen LogP contribution in [0.15, 0.2) is 36.9 Å². The fourth-order valence-corrected chi connectivity index (χ4v) is 5.02. The van der Waals surface area contributed by atoms with Crippen LogP contribution in [0.5, 0.6) is 0 Å². The Morgan fingerprint density at radius 3 is 2.54 bits per heavy atom. The summed E-state index contributed by atoms with van der Waals surface area (Å²) >= 11 is 0. The lowest BCUT2D eigenvalue weighted by Gasteiger charge is -2.34. The predicted molar refractivity (Wildman–Crippen MR) is 108 cm³/mol. The van der Waals surface area contributed by atoms with Crippen molar-refractivity contribution in [2.45, 2.75) is 6.42 Å². The molecule has 2 amide bonds. The minimum absolute atomic E-state index is 0.0563. The van der Waals surface area contributed by atoms with Crippen LogP contribution in [0.3, 0.4) is 0 Å². The van der Waals surface area contributed by atoms with Gasteiger partial charge in [-0.05, 0) is 24.6 Å². The maximum absolute atomic E-state index is 12.8. The second kappa shape index (κ2) is 8.74. The molecule has 2 aliphatic heterocycles. The van der Waals surface area contributed by atoms with Gasteiger partial charge in [-0.1, -0.05) is 12.1 Å². The highest BCUT2D eigenvalue weighted by Crippen LogP contribution is 2.25. The van der Waals surface area contributed by atoms with Crippen LogP contribution >= 0.6 is 0 Å². The van der Waals surface area contributed by atoms with Crippen molar-refractivity contribution in [3.05, 3.63) is 42.5 Å². The van der Waals surface area contributed by atoms with Crippen LogP contribution in [-0.2, 0) is 14.8 Å². The summed E-state index contributed by atoms with van der Waals surface area (Å²) in [6, 6.07) is 6.81. The largest absolute Gasteiger partial charge is 0.352 e. The van der Waals surface area contributed by atoms with E-state index in [1.807, 2.05) is 4.90 Å². The van der Waals surface area contributed by atoms with Crippen molar-refractivity contribution >= 4 is 27.5 Å². The van der Waals surface area contributed by atoms with E-state index < -0.39 is 10.0 Å². The van der Waals surface area contributed by atoms with E-state index in [2.05, 4.69) is 11.9 Å². The van der Waals surface area contributed by atoms with Crippen LogP contribution in [0.1, 0.15) is 16.8 Å². The lowest BCUT2D eigenvalue weighted by atomic mass is 10.1. The monoisotopic (exact) mass is 406 g/mol. The van der Waals surface area contributed by atoms with Crippen molar-refractivity contribution in [3.8, 4) is 0 Å². The summed E-state index contributed by atoms with van der Waals surface area (Å²) in [5, 5.41) is 2.75. The molecule has 2 heterocycles. The average molecular weight is 407 g/mol. The molecule has 2 saturated heterocycles. The lowest BCUT2D eigenvalue weighted by molar-refractivity contribution is -0.122. The molecule has 0 spiro atoms. The Kier molecular flexibility index (Phi) is 6.35. The molecule has 28 heavy (non-hydrogen) atoms. The van der Waals surface area contributed by atoms with Crippen LogP contribution in [0, 0.1) is 0 Å². The molecule has 9 heteroatoms. The number of piperazine rings is 1. The van der Waals surface area contributed by atoms with Gasteiger partial charge in [0.1, 0.15) is 0 Å². The number of nitrogens with zero attached hydrogens (tertiary/aromatic N) is 3. The molecule has 1 aromatic carbocycles. The number of rotatable bonds is 6. The van der Waals surface area contributed by atoms with Crippen molar-refractivity contribution in [1.82, 2.24) is 15.1 Å². The van der Waals surface area contributed by atoms with Gasteiger partial charge in [0, 0.05) is 44.8 Å². The Hall–Kier alpha value is -2.39. The highest BCUT2D eigenvalue weighted by atomic mass is 32.2. The molecule has 0 radical (unpaired) electrons. The summed E-state index contributed by atoms with van der Waals surface area (Å²) in [6.07, 6.45) is 2.23. The summed E-state index contributed by atoms with van der Waals surface area (Å²) in [7, 11) is -3.28. The Labute approximate surface area is 165 Å². The quantitative estimate of drug-likeness (QED) is 0.686. The van der Waals surface area contributed by atoms with Gasteiger partial charge in [0.05, 0.1) is 18.0 Å². The predicted octanol–water partition coefficient (Wildman–Crippen LogP) is 0.287. The van der Waals surface area contributed by atoms with Gasteiger partial charge in [0.25, 0.3) is 5.91 Å². The molecule has 2 aliphatic rings. The third kappa shape index (κ3) is 4.71. The van der Waals surface area contributed by atoms with E-state index >= 15 is 0 Å². The van der Waals surface area contributed by atoms with Crippen molar-refractivity contribution in [1.29, 1.82) is 0 Å².